The summed E-state index contributed by atoms with van der Waals surface area (Å²) in [6.07, 6.45) is 4.52. The van der Waals surface area contributed by atoms with Crippen molar-refractivity contribution in [2.24, 2.45) is 0 Å². The summed E-state index contributed by atoms with van der Waals surface area (Å²) in [6.45, 7) is 3.02. The van der Waals surface area contributed by atoms with E-state index in [9.17, 15) is 0 Å². The first kappa shape index (κ1) is 11.2. The van der Waals surface area contributed by atoms with E-state index in [0.717, 1.165) is 23.5 Å². The maximum Gasteiger partial charge on any atom is 0.0669 e. The van der Waals surface area contributed by atoms with E-state index in [1.165, 1.54) is 11.5 Å². The van der Waals surface area contributed by atoms with E-state index in [-0.39, 0.29) is 6.04 Å². The van der Waals surface area contributed by atoms with E-state index in [1.54, 1.807) is 0 Å². The maximum absolute atomic E-state index is 4.33. The quantitative estimate of drug-likeness (QED) is 0.857. The predicted molar refractivity (Wildman–Crippen MR) is 64.3 cm³/mol. The topological polar surface area (TPSA) is 50.7 Å². The lowest BCUT2D eigenvalue weighted by atomic mass is 10.1. The van der Waals surface area contributed by atoms with Crippen molar-refractivity contribution < 1.29 is 0 Å². The van der Waals surface area contributed by atoms with Crippen LogP contribution in [0.3, 0.4) is 0 Å². The zero-order valence-corrected chi connectivity index (χ0v) is 9.94. The van der Waals surface area contributed by atoms with Crippen LogP contribution in [0.5, 0.6) is 0 Å². The third-order valence-electron chi connectivity index (χ3n) is 2.31. The molecule has 1 N–H and O–H groups in total. The van der Waals surface area contributed by atoms with Gasteiger partial charge in [-0.05, 0) is 30.2 Å². The van der Waals surface area contributed by atoms with Crippen molar-refractivity contribution in [1.29, 1.82) is 0 Å². The van der Waals surface area contributed by atoms with Crippen LogP contribution in [0, 0.1) is 0 Å². The average Bonchev–Trinajstić information content (AvgIpc) is 2.83. The van der Waals surface area contributed by atoms with Gasteiger partial charge in [0.15, 0.2) is 0 Å². The largest absolute Gasteiger partial charge is 0.309 e. The van der Waals surface area contributed by atoms with Crippen molar-refractivity contribution in [1.82, 2.24) is 19.9 Å². The molecule has 0 bridgehead atoms. The second kappa shape index (κ2) is 5.67. The Morgan fingerprint density at radius 1 is 1.44 bits per heavy atom. The molecule has 0 saturated carbocycles. The Kier molecular flexibility index (Phi) is 3.96. The minimum absolute atomic E-state index is 0.264. The molecular weight excluding hydrogens is 220 g/mol. The molecule has 2 heterocycles. The Balaban J connectivity index is 2.09. The molecule has 0 fully saturated rings. The highest BCUT2D eigenvalue weighted by Crippen LogP contribution is 2.19. The zero-order chi connectivity index (χ0) is 11.2. The van der Waals surface area contributed by atoms with Crippen LogP contribution in [-0.4, -0.2) is 21.1 Å². The van der Waals surface area contributed by atoms with E-state index < -0.39 is 0 Å². The Morgan fingerprint density at radius 3 is 3.00 bits per heavy atom. The summed E-state index contributed by atoms with van der Waals surface area (Å²) in [4.78, 5) is 5.49. The summed E-state index contributed by atoms with van der Waals surface area (Å²) in [7, 11) is 0. The first-order chi connectivity index (χ1) is 7.90. The molecular formula is C11H14N4S. The Hall–Kier alpha value is -1.33. The van der Waals surface area contributed by atoms with Gasteiger partial charge in [-0.25, -0.2) is 0 Å². The van der Waals surface area contributed by atoms with E-state index >= 15 is 0 Å². The number of hydrogen-bond acceptors (Lipinski definition) is 5. The Bertz CT molecular complexity index is 401. The summed E-state index contributed by atoms with van der Waals surface area (Å²) in [6, 6.07) is 6.25. The zero-order valence-electron chi connectivity index (χ0n) is 9.13. The van der Waals surface area contributed by atoms with Crippen LogP contribution in [0.2, 0.25) is 0 Å². The van der Waals surface area contributed by atoms with Crippen LogP contribution in [-0.2, 0) is 6.42 Å². The number of aromatic nitrogens is 3. The van der Waals surface area contributed by atoms with Crippen LogP contribution < -0.4 is 5.32 Å². The van der Waals surface area contributed by atoms with Gasteiger partial charge in [-0.1, -0.05) is 17.5 Å². The van der Waals surface area contributed by atoms with Gasteiger partial charge in [0.1, 0.15) is 0 Å². The minimum Gasteiger partial charge on any atom is -0.309 e. The van der Waals surface area contributed by atoms with Crippen LogP contribution in [0.15, 0.2) is 30.6 Å². The van der Waals surface area contributed by atoms with E-state index in [0.29, 0.717) is 0 Å². The number of hydrogen-bond donors (Lipinski definition) is 1. The molecule has 0 aliphatic rings. The van der Waals surface area contributed by atoms with Gasteiger partial charge in [0, 0.05) is 18.3 Å². The van der Waals surface area contributed by atoms with Crippen LogP contribution >= 0.6 is 11.5 Å². The highest BCUT2D eigenvalue weighted by molar-refractivity contribution is 7.05. The predicted octanol–water partition coefficient (Wildman–Crippen LogP) is 1.83. The number of nitrogens with one attached hydrogen (secondary N) is 1. The minimum atomic E-state index is 0.264. The van der Waals surface area contributed by atoms with E-state index in [1.807, 2.05) is 30.6 Å². The standard InChI is InChI=1S/C11H14N4S/c1-2-12-10(11-8-14-15-16-11)7-9-5-3-4-6-13-9/h3-6,8,10,12H,2,7H2,1H3. The van der Waals surface area contributed by atoms with Crippen molar-refractivity contribution in [2.75, 3.05) is 6.54 Å². The second-order valence-corrected chi connectivity index (χ2v) is 4.27. The smallest absolute Gasteiger partial charge is 0.0669 e. The van der Waals surface area contributed by atoms with Crippen LogP contribution in [0.4, 0.5) is 0 Å². The van der Waals surface area contributed by atoms with Crippen LogP contribution in [0.1, 0.15) is 23.5 Å². The average molecular weight is 234 g/mol. The van der Waals surface area contributed by atoms with Crippen LogP contribution in [0.25, 0.3) is 0 Å². The Labute approximate surface area is 98.9 Å². The Morgan fingerprint density at radius 2 is 2.38 bits per heavy atom. The molecule has 2 aromatic heterocycles. The number of pyridine rings is 1. The van der Waals surface area contributed by atoms with Crippen molar-refractivity contribution in [3.05, 3.63) is 41.2 Å². The lowest BCUT2D eigenvalue weighted by Crippen LogP contribution is -2.22. The molecule has 2 aromatic rings. The van der Waals surface area contributed by atoms with Gasteiger partial charge >= 0.3 is 0 Å². The van der Waals surface area contributed by atoms with Gasteiger partial charge in [-0.2, -0.15) is 0 Å². The van der Waals surface area contributed by atoms with Crippen molar-refractivity contribution >= 4 is 11.5 Å². The fourth-order valence-electron chi connectivity index (χ4n) is 1.58. The molecule has 1 unspecified atom stereocenters. The van der Waals surface area contributed by atoms with Gasteiger partial charge in [0.2, 0.25) is 0 Å². The van der Waals surface area contributed by atoms with E-state index in [4.69, 9.17) is 0 Å². The van der Waals surface area contributed by atoms with E-state index in [2.05, 4.69) is 26.8 Å². The molecule has 2 rings (SSSR count). The molecule has 84 valence electrons. The molecule has 0 amide bonds. The highest BCUT2D eigenvalue weighted by Gasteiger charge is 2.13. The highest BCUT2D eigenvalue weighted by atomic mass is 32.1. The molecule has 0 aliphatic carbocycles. The SMILES string of the molecule is CCNC(Cc1ccccn1)c1cnns1. The van der Waals surface area contributed by atoms with Gasteiger partial charge in [-0.15, -0.1) is 5.10 Å². The van der Waals surface area contributed by atoms with Gasteiger partial charge in [0.25, 0.3) is 0 Å². The number of rotatable bonds is 5. The summed E-state index contributed by atoms with van der Waals surface area (Å²) >= 11 is 1.44. The molecule has 0 radical (unpaired) electrons. The second-order valence-electron chi connectivity index (χ2n) is 3.46. The number of nitrogens with zero attached hydrogens (tertiary/aromatic N) is 3. The summed E-state index contributed by atoms with van der Waals surface area (Å²) in [5.74, 6) is 0. The molecule has 4 nitrogen and oxygen atoms in total. The molecule has 5 heteroatoms. The molecule has 0 aromatic carbocycles. The lowest BCUT2D eigenvalue weighted by Gasteiger charge is -2.14. The first-order valence-corrected chi connectivity index (χ1v) is 6.08. The normalized spacial score (nSPS) is 12.6. The number of likely N-dealkylation sites (N-methyl/N-ethyl adjacent to an activating group) is 1. The molecule has 0 spiro atoms. The van der Waals surface area contributed by atoms with Crippen molar-refractivity contribution in [3.63, 3.8) is 0 Å². The molecule has 16 heavy (non-hydrogen) atoms. The summed E-state index contributed by atoms with van der Waals surface area (Å²) < 4.78 is 3.90. The van der Waals surface area contributed by atoms with Gasteiger partial charge < -0.3 is 5.32 Å². The summed E-state index contributed by atoms with van der Waals surface area (Å²) in [5.41, 5.74) is 1.09. The maximum atomic E-state index is 4.33. The summed E-state index contributed by atoms with van der Waals surface area (Å²) in [5, 5.41) is 7.30. The fourth-order valence-corrected chi connectivity index (χ4v) is 2.15. The molecule has 1 atom stereocenters. The van der Waals surface area contributed by atoms with Gasteiger partial charge in [-0.3, -0.25) is 4.98 Å². The third kappa shape index (κ3) is 2.84. The molecule has 0 saturated heterocycles. The van der Waals surface area contributed by atoms with Gasteiger partial charge in [0.05, 0.1) is 17.1 Å². The monoisotopic (exact) mass is 234 g/mol. The molecule has 0 aliphatic heterocycles. The first-order valence-electron chi connectivity index (χ1n) is 5.30. The van der Waals surface area contributed by atoms with Crippen molar-refractivity contribution in [2.45, 2.75) is 19.4 Å². The fraction of sp³-hybridized carbons (Fsp3) is 0.364. The third-order valence-corrected chi connectivity index (χ3v) is 3.09. The van der Waals surface area contributed by atoms with Crippen molar-refractivity contribution in [3.8, 4) is 0 Å². The lowest BCUT2D eigenvalue weighted by molar-refractivity contribution is 0.551.